The Balaban J connectivity index is 1.92. The smallest absolute Gasteiger partial charge is 0.364 e. The topological polar surface area (TPSA) is 47.0 Å². The Labute approximate surface area is 115 Å². The first-order valence-corrected chi connectivity index (χ1v) is 6.60. The van der Waals surface area contributed by atoms with Crippen molar-refractivity contribution < 1.29 is 17.9 Å². The minimum atomic E-state index is -4.31. The lowest BCUT2D eigenvalue weighted by Crippen LogP contribution is -2.26. The second kappa shape index (κ2) is 6.49. The number of hydrogen-bond acceptors (Lipinski definition) is 4. The Bertz CT molecular complexity index is 451. The van der Waals surface area contributed by atoms with Crippen LogP contribution in [-0.4, -0.2) is 36.3 Å². The molecule has 1 N–H and O–H groups in total. The molecule has 2 rings (SSSR count). The van der Waals surface area contributed by atoms with Gasteiger partial charge in [-0.15, -0.1) is 0 Å². The molecular formula is C13H18F3N3O. The van der Waals surface area contributed by atoms with Gasteiger partial charge in [0.2, 0.25) is 0 Å². The zero-order valence-corrected chi connectivity index (χ0v) is 11.3. The minimum absolute atomic E-state index is 0.202. The van der Waals surface area contributed by atoms with Gasteiger partial charge in [0.05, 0.1) is 0 Å². The Morgan fingerprint density at radius 2 is 2.25 bits per heavy atom. The van der Waals surface area contributed by atoms with Gasteiger partial charge in [-0.3, -0.25) is 0 Å². The van der Waals surface area contributed by atoms with Crippen LogP contribution >= 0.6 is 0 Å². The number of halogens is 3. The molecule has 0 fully saturated rings. The normalized spacial score (nSPS) is 18.9. The van der Waals surface area contributed by atoms with E-state index in [1.807, 2.05) is 7.05 Å². The van der Waals surface area contributed by atoms with E-state index in [0.717, 1.165) is 37.1 Å². The molecule has 1 atom stereocenters. The number of aryl methyl sites for hydroxylation is 1. The van der Waals surface area contributed by atoms with E-state index in [2.05, 4.69) is 20.0 Å². The van der Waals surface area contributed by atoms with Crippen molar-refractivity contribution in [1.82, 2.24) is 15.3 Å². The van der Waals surface area contributed by atoms with Crippen molar-refractivity contribution in [3.63, 3.8) is 0 Å². The van der Waals surface area contributed by atoms with E-state index >= 15 is 0 Å². The molecule has 112 valence electrons. The summed E-state index contributed by atoms with van der Waals surface area (Å²) in [6.45, 7) is -0.514. The molecule has 0 radical (unpaired) electrons. The van der Waals surface area contributed by atoms with Crippen molar-refractivity contribution >= 4 is 0 Å². The minimum Gasteiger partial charge on any atom is -0.364 e. The van der Waals surface area contributed by atoms with E-state index in [-0.39, 0.29) is 6.61 Å². The molecule has 0 saturated carbocycles. The summed E-state index contributed by atoms with van der Waals surface area (Å²) in [5, 5.41) is 3.15. The zero-order chi connectivity index (χ0) is 14.6. The fourth-order valence-electron chi connectivity index (χ4n) is 2.41. The number of rotatable bonds is 5. The monoisotopic (exact) mass is 289 g/mol. The van der Waals surface area contributed by atoms with Crippen LogP contribution in [0, 0.1) is 5.92 Å². The first-order valence-electron chi connectivity index (χ1n) is 6.60. The summed E-state index contributed by atoms with van der Waals surface area (Å²) in [6, 6.07) is 0. The molecule has 20 heavy (non-hydrogen) atoms. The Hall–Kier alpha value is -1.21. The SMILES string of the molecule is CNCC1CCc2nc(COCC(F)(F)F)ncc2C1. The van der Waals surface area contributed by atoms with E-state index in [4.69, 9.17) is 0 Å². The molecule has 0 saturated heterocycles. The van der Waals surface area contributed by atoms with Crippen LogP contribution in [0.4, 0.5) is 13.2 Å². The predicted molar refractivity (Wildman–Crippen MR) is 67.2 cm³/mol. The van der Waals surface area contributed by atoms with Crippen molar-refractivity contribution in [2.45, 2.75) is 32.0 Å². The standard InChI is InChI=1S/C13H18F3N3O/c1-17-5-9-2-3-11-10(4-9)6-18-12(19-11)7-20-8-13(14,15)16/h6,9,17H,2-5,7-8H2,1H3. The highest BCUT2D eigenvalue weighted by Crippen LogP contribution is 2.23. The van der Waals surface area contributed by atoms with Crippen LogP contribution in [0.2, 0.25) is 0 Å². The van der Waals surface area contributed by atoms with E-state index < -0.39 is 12.8 Å². The average molecular weight is 289 g/mol. The number of nitrogens with one attached hydrogen (secondary N) is 1. The van der Waals surface area contributed by atoms with Crippen molar-refractivity contribution in [1.29, 1.82) is 0 Å². The lowest BCUT2D eigenvalue weighted by molar-refractivity contribution is -0.177. The lowest BCUT2D eigenvalue weighted by atomic mass is 9.87. The molecule has 0 amide bonds. The van der Waals surface area contributed by atoms with Gasteiger partial charge in [0.25, 0.3) is 0 Å². The van der Waals surface area contributed by atoms with Crippen molar-refractivity contribution in [2.75, 3.05) is 20.2 Å². The molecular weight excluding hydrogens is 271 g/mol. The van der Waals surface area contributed by atoms with Crippen LogP contribution < -0.4 is 5.32 Å². The van der Waals surface area contributed by atoms with Gasteiger partial charge in [0.1, 0.15) is 13.2 Å². The van der Waals surface area contributed by atoms with Crippen molar-refractivity contribution in [2.24, 2.45) is 5.92 Å². The molecule has 0 bridgehead atoms. The highest BCUT2D eigenvalue weighted by atomic mass is 19.4. The molecule has 1 aliphatic rings. The van der Waals surface area contributed by atoms with Crippen molar-refractivity contribution in [3.8, 4) is 0 Å². The molecule has 1 heterocycles. The number of ether oxygens (including phenoxy) is 1. The predicted octanol–water partition coefficient (Wildman–Crippen LogP) is 1.88. The van der Waals surface area contributed by atoms with E-state index in [0.29, 0.717) is 11.7 Å². The van der Waals surface area contributed by atoms with Crippen LogP contribution in [0.5, 0.6) is 0 Å². The van der Waals surface area contributed by atoms with Crippen LogP contribution in [0.1, 0.15) is 23.5 Å². The Morgan fingerprint density at radius 1 is 1.45 bits per heavy atom. The van der Waals surface area contributed by atoms with E-state index in [1.54, 1.807) is 6.20 Å². The number of aromatic nitrogens is 2. The summed E-state index contributed by atoms with van der Waals surface area (Å²) in [4.78, 5) is 8.39. The quantitative estimate of drug-likeness (QED) is 0.899. The summed E-state index contributed by atoms with van der Waals surface area (Å²) >= 11 is 0. The number of alkyl halides is 3. The van der Waals surface area contributed by atoms with Gasteiger partial charge in [0.15, 0.2) is 5.82 Å². The van der Waals surface area contributed by atoms with Gasteiger partial charge >= 0.3 is 6.18 Å². The molecule has 0 aromatic carbocycles. The molecule has 1 aliphatic carbocycles. The highest BCUT2D eigenvalue weighted by Gasteiger charge is 2.27. The summed E-state index contributed by atoms with van der Waals surface area (Å²) in [5.41, 5.74) is 2.04. The van der Waals surface area contributed by atoms with E-state index in [1.165, 1.54) is 0 Å². The third kappa shape index (κ3) is 4.42. The molecule has 0 spiro atoms. The van der Waals surface area contributed by atoms with Crippen LogP contribution in [0.25, 0.3) is 0 Å². The van der Waals surface area contributed by atoms with E-state index in [9.17, 15) is 13.2 Å². The maximum absolute atomic E-state index is 12.0. The average Bonchev–Trinajstić information content (AvgIpc) is 2.38. The Morgan fingerprint density at radius 3 is 2.95 bits per heavy atom. The fourth-order valence-corrected chi connectivity index (χ4v) is 2.41. The van der Waals surface area contributed by atoms with Gasteiger partial charge in [0, 0.05) is 11.9 Å². The zero-order valence-electron chi connectivity index (χ0n) is 11.3. The maximum atomic E-state index is 12.0. The molecule has 1 aromatic rings. The Kier molecular flexibility index (Phi) is 4.93. The van der Waals surface area contributed by atoms with Crippen LogP contribution in [0.3, 0.4) is 0 Å². The lowest BCUT2D eigenvalue weighted by Gasteiger charge is -2.23. The summed E-state index contributed by atoms with van der Waals surface area (Å²) in [5.74, 6) is 0.892. The van der Waals surface area contributed by atoms with Crippen LogP contribution in [-0.2, 0) is 24.2 Å². The van der Waals surface area contributed by atoms with Gasteiger partial charge < -0.3 is 10.1 Å². The number of fused-ring (bicyclic) bond motifs is 1. The largest absolute Gasteiger partial charge is 0.411 e. The van der Waals surface area contributed by atoms with Gasteiger partial charge in [-0.25, -0.2) is 9.97 Å². The maximum Gasteiger partial charge on any atom is 0.411 e. The third-order valence-corrected chi connectivity index (χ3v) is 3.29. The van der Waals surface area contributed by atoms with Crippen LogP contribution in [0.15, 0.2) is 6.20 Å². The van der Waals surface area contributed by atoms with Gasteiger partial charge in [-0.05, 0) is 44.3 Å². The molecule has 0 aliphatic heterocycles. The third-order valence-electron chi connectivity index (χ3n) is 3.29. The first kappa shape index (κ1) is 15.2. The van der Waals surface area contributed by atoms with Gasteiger partial charge in [-0.1, -0.05) is 0 Å². The fraction of sp³-hybridized carbons (Fsp3) is 0.692. The molecule has 1 unspecified atom stereocenters. The number of hydrogen-bond donors (Lipinski definition) is 1. The van der Waals surface area contributed by atoms with Crippen molar-refractivity contribution in [3.05, 3.63) is 23.3 Å². The van der Waals surface area contributed by atoms with Gasteiger partial charge in [-0.2, -0.15) is 13.2 Å². The first-order chi connectivity index (χ1) is 9.48. The molecule has 4 nitrogen and oxygen atoms in total. The highest BCUT2D eigenvalue weighted by molar-refractivity contribution is 5.21. The second-order valence-electron chi connectivity index (χ2n) is 5.03. The molecule has 7 heteroatoms. The number of nitrogens with zero attached hydrogens (tertiary/aromatic N) is 2. The molecule has 1 aromatic heterocycles. The summed E-state index contributed by atoms with van der Waals surface area (Å²) in [6.07, 6.45) is 0.203. The summed E-state index contributed by atoms with van der Waals surface area (Å²) in [7, 11) is 1.92. The summed E-state index contributed by atoms with van der Waals surface area (Å²) < 4.78 is 40.5. The second-order valence-corrected chi connectivity index (χ2v) is 5.03.